The number of hydrogen-bond donors (Lipinski definition) is 1. The van der Waals surface area contributed by atoms with Crippen LogP contribution < -0.4 is 4.74 Å². The van der Waals surface area contributed by atoms with E-state index in [1.807, 2.05) is 32.9 Å². The molecule has 18 heavy (non-hydrogen) atoms. The largest absolute Gasteiger partial charge is 0.485 e. The predicted octanol–water partition coefficient (Wildman–Crippen LogP) is 2.66. The van der Waals surface area contributed by atoms with E-state index in [0.717, 1.165) is 35.3 Å². The molecule has 0 saturated carbocycles. The molecule has 3 nitrogen and oxygen atoms in total. The second-order valence-corrected chi connectivity index (χ2v) is 5.51. The molecule has 1 aliphatic rings. The van der Waals surface area contributed by atoms with E-state index < -0.39 is 5.60 Å². The van der Waals surface area contributed by atoms with Crippen LogP contribution in [0.4, 0.5) is 0 Å². The second-order valence-electron chi connectivity index (χ2n) is 5.51. The number of Topliss-reactive ketones (excluding diaryl/α,β-unsaturated/α-hetero) is 1. The Bertz CT molecular complexity index is 475. The first-order valence-electron chi connectivity index (χ1n) is 6.40. The quantitative estimate of drug-likeness (QED) is 0.894. The smallest absolute Gasteiger partial charge is 0.163 e. The van der Waals surface area contributed by atoms with Crippen molar-refractivity contribution in [3.05, 3.63) is 28.8 Å². The number of aliphatic hydroxyl groups excluding tert-OH is 1. The summed E-state index contributed by atoms with van der Waals surface area (Å²) in [5.74, 6) is 0.995. The lowest BCUT2D eigenvalue weighted by molar-refractivity contribution is 0.0406. The molecule has 0 saturated heterocycles. The van der Waals surface area contributed by atoms with Gasteiger partial charge in [0.05, 0.1) is 6.61 Å². The molecule has 3 heteroatoms. The summed E-state index contributed by atoms with van der Waals surface area (Å²) < 4.78 is 5.82. The molecule has 1 N–H and O–H groups in total. The summed E-state index contributed by atoms with van der Waals surface area (Å²) in [6, 6.07) is 3.70. The molecule has 2 rings (SSSR count). The van der Waals surface area contributed by atoms with Crippen LogP contribution in [-0.4, -0.2) is 23.1 Å². The summed E-state index contributed by atoms with van der Waals surface area (Å²) in [6.45, 7) is 5.64. The number of hydrogen-bond acceptors (Lipinski definition) is 3. The van der Waals surface area contributed by atoms with E-state index in [9.17, 15) is 9.90 Å². The minimum absolute atomic E-state index is 0.0392. The van der Waals surface area contributed by atoms with Gasteiger partial charge in [-0.05, 0) is 56.9 Å². The van der Waals surface area contributed by atoms with Gasteiger partial charge in [0.2, 0.25) is 0 Å². The summed E-state index contributed by atoms with van der Waals surface area (Å²) in [6.07, 6.45) is 2.50. The number of fused-ring (bicyclic) bond motifs is 1. The molecule has 1 aromatic rings. The van der Waals surface area contributed by atoms with Crippen molar-refractivity contribution in [1.82, 2.24) is 0 Å². The minimum atomic E-state index is -0.600. The normalized spacial score (nSPS) is 15.4. The lowest BCUT2D eigenvalue weighted by atomic mass is 9.87. The van der Waals surface area contributed by atoms with Crippen molar-refractivity contribution >= 4 is 5.78 Å². The molecule has 0 radical (unpaired) electrons. The summed E-state index contributed by atoms with van der Waals surface area (Å²) in [4.78, 5) is 11.8. The van der Waals surface area contributed by atoms with Crippen LogP contribution >= 0.6 is 0 Å². The van der Waals surface area contributed by atoms with Gasteiger partial charge in [0.15, 0.2) is 5.78 Å². The van der Waals surface area contributed by atoms with E-state index >= 15 is 0 Å². The number of aliphatic hydroxyl groups is 1. The molecular weight excluding hydrogens is 228 g/mol. The van der Waals surface area contributed by atoms with Crippen molar-refractivity contribution in [2.24, 2.45) is 0 Å². The van der Waals surface area contributed by atoms with Gasteiger partial charge >= 0.3 is 0 Å². The Kier molecular flexibility index (Phi) is 3.44. The molecular formula is C15H20O3. The molecule has 0 atom stereocenters. The van der Waals surface area contributed by atoms with Gasteiger partial charge < -0.3 is 9.84 Å². The number of carbonyl (C=O) groups is 1. The van der Waals surface area contributed by atoms with Gasteiger partial charge in [-0.15, -0.1) is 0 Å². The predicted molar refractivity (Wildman–Crippen MR) is 70.2 cm³/mol. The Morgan fingerprint density at radius 3 is 2.72 bits per heavy atom. The van der Waals surface area contributed by atoms with Gasteiger partial charge in [0.1, 0.15) is 11.4 Å². The summed E-state index contributed by atoms with van der Waals surface area (Å²) in [5, 5.41) is 9.25. The van der Waals surface area contributed by atoms with E-state index in [1.54, 1.807) is 0 Å². The molecule has 0 unspecified atom stereocenters. The average molecular weight is 248 g/mol. The summed E-state index contributed by atoms with van der Waals surface area (Å²) >= 11 is 0. The van der Waals surface area contributed by atoms with E-state index in [0.29, 0.717) is 6.42 Å². The number of rotatable bonds is 3. The maximum atomic E-state index is 11.8. The number of ether oxygens (including phenoxy) is 1. The fraction of sp³-hybridized carbons (Fsp3) is 0.533. The van der Waals surface area contributed by atoms with Gasteiger partial charge in [-0.1, -0.05) is 0 Å². The van der Waals surface area contributed by atoms with Crippen LogP contribution in [0.3, 0.4) is 0 Å². The molecule has 0 aromatic heterocycles. The highest BCUT2D eigenvalue weighted by molar-refractivity contribution is 5.99. The highest BCUT2D eigenvalue weighted by atomic mass is 16.5. The lowest BCUT2D eigenvalue weighted by Gasteiger charge is -2.27. The van der Waals surface area contributed by atoms with Crippen molar-refractivity contribution in [3.8, 4) is 5.75 Å². The highest BCUT2D eigenvalue weighted by Crippen LogP contribution is 2.32. The zero-order valence-electron chi connectivity index (χ0n) is 11.2. The van der Waals surface area contributed by atoms with E-state index in [4.69, 9.17) is 4.74 Å². The molecule has 98 valence electrons. The van der Waals surface area contributed by atoms with Crippen LogP contribution in [0.2, 0.25) is 0 Å². The third kappa shape index (κ3) is 2.41. The van der Waals surface area contributed by atoms with Gasteiger partial charge in [0, 0.05) is 12.0 Å². The van der Waals surface area contributed by atoms with Crippen molar-refractivity contribution in [3.63, 3.8) is 0 Å². The van der Waals surface area contributed by atoms with Crippen molar-refractivity contribution in [2.75, 3.05) is 6.61 Å². The molecule has 0 heterocycles. The second kappa shape index (κ2) is 4.73. The van der Waals surface area contributed by atoms with Crippen LogP contribution in [0.5, 0.6) is 5.75 Å². The minimum Gasteiger partial charge on any atom is -0.485 e. The SMILES string of the molecule is Cc1c(OC(C)(C)CO)ccc2c1CCCC2=O. The zero-order chi connectivity index (χ0) is 13.3. The first-order valence-corrected chi connectivity index (χ1v) is 6.40. The molecule has 1 aliphatic carbocycles. The highest BCUT2D eigenvalue weighted by Gasteiger charge is 2.24. The molecule has 0 bridgehead atoms. The van der Waals surface area contributed by atoms with Crippen LogP contribution in [0.25, 0.3) is 0 Å². The van der Waals surface area contributed by atoms with E-state index in [2.05, 4.69) is 0 Å². The number of carbonyl (C=O) groups excluding carboxylic acids is 1. The fourth-order valence-corrected chi connectivity index (χ4v) is 2.32. The maximum Gasteiger partial charge on any atom is 0.163 e. The Morgan fingerprint density at radius 2 is 2.06 bits per heavy atom. The fourth-order valence-electron chi connectivity index (χ4n) is 2.32. The Labute approximate surface area is 108 Å². The Balaban J connectivity index is 2.38. The third-order valence-corrected chi connectivity index (χ3v) is 3.45. The first-order chi connectivity index (χ1) is 8.44. The van der Waals surface area contributed by atoms with Crippen LogP contribution in [-0.2, 0) is 6.42 Å². The van der Waals surface area contributed by atoms with E-state index in [1.165, 1.54) is 0 Å². The van der Waals surface area contributed by atoms with Gasteiger partial charge in [-0.25, -0.2) is 0 Å². The lowest BCUT2D eigenvalue weighted by Crippen LogP contribution is -2.33. The molecule has 0 aliphatic heterocycles. The topological polar surface area (TPSA) is 46.5 Å². The molecule has 0 spiro atoms. The molecule has 1 aromatic carbocycles. The third-order valence-electron chi connectivity index (χ3n) is 3.45. The van der Waals surface area contributed by atoms with Gasteiger partial charge in [0.25, 0.3) is 0 Å². The van der Waals surface area contributed by atoms with Crippen molar-refractivity contribution in [1.29, 1.82) is 0 Å². The van der Waals surface area contributed by atoms with E-state index in [-0.39, 0.29) is 12.4 Å². The standard InChI is InChI=1S/C15H20O3/c1-10-11-5-4-6-13(17)12(11)7-8-14(10)18-15(2,3)9-16/h7-8,16H,4-6,9H2,1-3H3. The van der Waals surface area contributed by atoms with Crippen LogP contribution in [0, 0.1) is 6.92 Å². The van der Waals surface area contributed by atoms with Gasteiger partial charge in [-0.2, -0.15) is 0 Å². The number of ketones is 1. The van der Waals surface area contributed by atoms with Crippen LogP contribution in [0.1, 0.15) is 48.2 Å². The molecule has 0 amide bonds. The Morgan fingerprint density at radius 1 is 1.33 bits per heavy atom. The monoisotopic (exact) mass is 248 g/mol. The maximum absolute atomic E-state index is 11.8. The Hall–Kier alpha value is -1.35. The molecule has 0 fully saturated rings. The van der Waals surface area contributed by atoms with Crippen molar-refractivity contribution in [2.45, 2.75) is 45.6 Å². The van der Waals surface area contributed by atoms with Crippen LogP contribution in [0.15, 0.2) is 12.1 Å². The average Bonchev–Trinajstić information content (AvgIpc) is 2.33. The summed E-state index contributed by atoms with van der Waals surface area (Å²) in [7, 11) is 0. The summed E-state index contributed by atoms with van der Waals surface area (Å²) in [5.41, 5.74) is 2.38. The van der Waals surface area contributed by atoms with Crippen molar-refractivity contribution < 1.29 is 14.6 Å². The first kappa shape index (κ1) is 13.1. The van der Waals surface area contributed by atoms with Gasteiger partial charge in [-0.3, -0.25) is 4.79 Å². The zero-order valence-corrected chi connectivity index (χ0v) is 11.2. The number of benzene rings is 1.